The molecule has 0 bridgehead atoms. The van der Waals surface area contributed by atoms with E-state index in [1.165, 1.54) is 24.3 Å². The molecular weight excluding hydrogens is 285 g/mol. The molecule has 0 amide bonds. The molecule has 0 radical (unpaired) electrons. The van der Waals surface area contributed by atoms with Crippen molar-refractivity contribution in [1.29, 1.82) is 0 Å². The molecule has 1 heterocycles. The topological polar surface area (TPSA) is 27.7 Å². The predicted octanol–water partition coefficient (Wildman–Crippen LogP) is 4.08. The van der Waals surface area contributed by atoms with Gasteiger partial charge in [-0.1, -0.05) is 60.7 Å². The first-order chi connectivity index (χ1) is 10.0. The lowest BCUT2D eigenvalue weighted by Gasteiger charge is -2.27. The second kappa shape index (κ2) is 5.14. The second-order valence-corrected chi connectivity index (χ2v) is 4.52. The van der Waals surface area contributed by atoms with Crippen LogP contribution in [0.4, 0.5) is 13.2 Å². The van der Waals surface area contributed by atoms with Crippen LogP contribution in [-0.2, 0) is 20.3 Å². The third-order valence-electron chi connectivity index (χ3n) is 3.12. The lowest BCUT2D eigenvalue weighted by molar-refractivity contribution is -0.419. The van der Waals surface area contributed by atoms with E-state index >= 15 is 0 Å². The summed E-state index contributed by atoms with van der Waals surface area (Å²) < 4.78 is 45.5. The van der Waals surface area contributed by atoms with E-state index in [1.807, 2.05) is 0 Å². The van der Waals surface area contributed by atoms with Crippen LogP contribution in [0.2, 0.25) is 0 Å². The Morgan fingerprint density at radius 3 is 2.00 bits per heavy atom. The van der Waals surface area contributed by atoms with E-state index in [2.05, 4.69) is 4.89 Å². The molecule has 0 saturated carbocycles. The van der Waals surface area contributed by atoms with Crippen molar-refractivity contribution in [2.75, 3.05) is 0 Å². The van der Waals surface area contributed by atoms with E-state index in [1.54, 1.807) is 36.4 Å². The Hall–Kier alpha value is -1.89. The van der Waals surface area contributed by atoms with Gasteiger partial charge in [-0.05, 0) is 0 Å². The van der Waals surface area contributed by atoms with E-state index in [4.69, 9.17) is 9.62 Å². The summed E-state index contributed by atoms with van der Waals surface area (Å²) in [5.74, 6) is -2.92. The Balaban J connectivity index is 1.98. The lowest BCUT2D eigenvalue weighted by atomic mass is 10.1. The molecule has 0 aromatic heterocycles. The first kappa shape index (κ1) is 14.1. The van der Waals surface area contributed by atoms with Gasteiger partial charge in [0.05, 0.1) is 0 Å². The van der Waals surface area contributed by atoms with Crippen LogP contribution < -0.4 is 0 Å². The van der Waals surface area contributed by atoms with Gasteiger partial charge in [0.25, 0.3) is 0 Å². The van der Waals surface area contributed by atoms with Crippen molar-refractivity contribution in [3.8, 4) is 0 Å². The van der Waals surface area contributed by atoms with Crippen LogP contribution in [0.5, 0.6) is 0 Å². The molecule has 2 atom stereocenters. The van der Waals surface area contributed by atoms with Gasteiger partial charge >= 0.3 is 12.0 Å². The van der Waals surface area contributed by atoms with Crippen LogP contribution in [0.3, 0.4) is 0 Å². The zero-order valence-electron chi connectivity index (χ0n) is 10.7. The number of alkyl halides is 3. The summed E-state index contributed by atoms with van der Waals surface area (Å²) >= 11 is 0. The maximum Gasteiger partial charge on any atom is 0.451 e. The number of hydrogen-bond acceptors (Lipinski definition) is 3. The molecule has 0 aliphatic carbocycles. The summed E-state index contributed by atoms with van der Waals surface area (Å²) in [4.78, 5) is 9.40. The van der Waals surface area contributed by atoms with Crippen molar-refractivity contribution >= 4 is 0 Å². The Morgan fingerprint density at radius 2 is 1.43 bits per heavy atom. The van der Waals surface area contributed by atoms with Crippen LogP contribution in [0, 0.1) is 0 Å². The quantitative estimate of drug-likeness (QED) is 0.782. The number of rotatable bonds is 2. The maximum atomic E-state index is 13.5. The van der Waals surface area contributed by atoms with Crippen LogP contribution >= 0.6 is 0 Å². The zero-order valence-corrected chi connectivity index (χ0v) is 10.7. The summed E-state index contributed by atoms with van der Waals surface area (Å²) in [5, 5.41) is 0. The van der Waals surface area contributed by atoms with Gasteiger partial charge < -0.3 is 0 Å². The van der Waals surface area contributed by atoms with Gasteiger partial charge in [0.15, 0.2) is 0 Å². The molecule has 2 unspecified atom stereocenters. The highest BCUT2D eigenvalue weighted by molar-refractivity contribution is 5.24. The minimum absolute atomic E-state index is 0.170. The standard InChI is InChI=1S/C15H11F3O3/c16-15(17,18)14(12-9-5-2-6-10-12)19-13(20-21-14)11-7-3-1-4-8-11/h1-10,13H. The van der Waals surface area contributed by atoms with Gasteiger partial charge in [-0.2, -0.15) is 22.9 Å². The number of benzene rings is 2. The summed E-state index contributed by atoms with van der Waals surface area (Å²) in [7, 11) is 0. The fourth-order valence-electron chi connectivity index (χ4n) is 2.09. The molecule has 2 aromatic rings. The molecule has 1 fully saturated rings. The highest BCUT2D eigenvalue weighted by atomic mass is 19.4. The summed E-state index contributed by atoms with van der Waals surface area (Å²) in [6.07, 6.45) is -6.02. The second-order valence-electron chi connectivity index (χ2n) is 4.52. The van der Waals surface area contributed by atoms with Crippen LogP contribution in [0.1, 0.15) is 17.4 Å². The van der Waals surface area contributed by atoms with E-state index in [-0.39, 0.29) is 5.56 Å². The highest BCUT2D eigenvalue weighted by Crippen LogP contribution is 2.51. The van der Waals surface area contributed by atoms with Gasteiger partial charge in [0.1, 0.15) is 0 Å². The fourth-order valence-corrected chi connectivity index (χ4v) is 2.09. The maximum absolute atomic E-state index is 13.5. The van der Waals surface area contributed by atoms with Crippen molar-refractivity contribution < 1.29 is 27.7 Å². The largest absolute Gasteiger partial charge is 0.451 e. The Bertz CT molecular complexity index is 601. The number of halogens is 3. The van der Waals surface area contributed by atoms with Crippen LogP contribution in [-0.4, -0.2) is 6.18 Å². The molecule has 1 aliphatic rings. The molecule has 6 heteroatoms. The molecule has 110 valence electrons. The smallest absolute Gasteiger partial charge is 0.299 e. The van der Waals surface area contributed by atoms with Crippen molar-refractivity contribution in [3.05, 3.63) is 71.8 Å². The third kappa shape index (κ3) is 2.42. The van der Waals surface area contributed by atoms with Crippen molar-refractivity contribution in [3.63, 3.8) is 0 Å². The van der Waals surface area contributed by atoms with Gasteiger partial charge in [0, 0.05) is 11.1 Å². The molecule has 0 spiro atoms. The highest BCUT2D eigenvalue weighted by Gasteiger charge is 2.65. The first-order valence-electron chi connectivity index (χ1n) is 6.22. The molecule has 21 heavy (non-hydrogen) atoms. The SMILES string of the molecule is FC(F)(F)C1(c2ccccc2)OOC(c2ccccc2)O1. The van der Waals surface area contributed by atoms with Gasteiger partial charge in [-0.3, -0.25) is 4.74 Å². The molecular formula is C15H11F3O3. The average Bonchev–Trinajstić information content (AvgIpc) is 2.95. The van der Waals surface area contributed by atoms with Gasteiger partial charge in [-0.15, -0.1) is 0 Å². The van der Waals surface area contributed by atoms with Crippen LogP contribution in [0.15, 0.2) is 60.7 Å². The molecule has 3 nitrogen and oxygen atoms in total. The fraction of sp³-hybridized carbons (Fsp3) is 0.200. The molecule has 3 rings (SSSR count). The van der Waals surface area contributed by atoms with E-state index < -0.39 is 18.3 Å². The summed E-state index contributed by atoms with van der Waals surface area (Å²) in [5.41, 5.74) is 0.274. The molecule has 1 saturated heterocycles. The van der Waals surface area contributed by atoms with E-state index in [9.17, 15) is 13.2 Å². The van der Waals surface area contributed by atoms with Crippen molar-refractivity contribution in [2.45, 2.75) is 18.3 Å². The minimum atomic E-state index is -4.78. The Morgan fingerprint density at radius 1 is 0.857 bits per heavy atom. The Kier molecular flexibility index (Phi) is 3.44. The number of hydrogen-bond donors (Lipinski definition) is 0. The van der Waals surface area contributed by atoms with Crippen molar-refractivity contribution in [2.24, 2.45) is 0 Å². The first-order valence-corrected chi connectivity index (χ1v) is 6.22. The van der Waals surface area contributed by atoms with Gasteiger partial charge in [0.2, 0.25) is 6.29 Å². The van der Waals surface area contributed by atoms with Crippen molar-refractivity contribution in [1.82, 2.24) is 0 Å². The van der Waals surface area contributed by atoms with E-state index in [0.717, 1.165) is 0 Å². The monoisotopic (exact) mass is 296 g/mol. The lowest BCUT2D eigenvalue weighted by Crippen LogP contribution is -2.43. The summed E-state index contributed by atoms with van der Waals surface area (Å²) in [6.45, 7) is 0. The normalized spacial score (nSPS) is 26.0. The van der Waals surface area contributed by atoms with Crippen LogP contribution in [0.25, 0.3) is 0 Å². The number of ether oxygens (including phenoxy) is 1. The minimum Gasteiger partial charge on any atom is -0.299 e. The molecule has 2 aromatic carbocycles. The molecule has 0 N–H and O–H groups in total. The predicted molar refractivity (Wildman–Crippen MR) is 66.6 cm³/mol. The summed E-state index contributed by atoms with van der Waals surface area (Å²) in [6, 6.07) is 15.4. The third-order valence-corrected chi connectivity index (χ3v) is 3.12. The van der Waals surface area contributed by atoms with Gasteiger partial charge in [-0.25, -0.2) is 0 Å². The zero-order chi connectivity index (χ0) is 14.9. The van der Waals surface area contributed by atoms with E-state index in [0.29, 0.717) is 5.56 Å². The Labute approximate surface area is 118 Å². The molecule has 1 aliphatic heterocycles. The average molecular weight is 296 g/mol.